The third kappa shape index (κ3) is 5.02. The molecule has 0 radical (unpaired) electrons. The molecule has 3 aromatic heterocycles. The lowest BCUT2D eigenvalue weighted by atomic mass is 10.1. The maximum atomic E-state index is 12.1. The molecule has 2 amide bonds. The lowest BCUT2D eigenvalue weighted by molar-refractivity contribution is -0.116. The molecule has 0 unspecified atom stereocenters. The molecule has 8 heteroatoms. The van der Waals surface area contributed by atoms with Crippen LogP contribution in [0.5, 0.6) is 0 Å². The second kappa shape index (κ2) is 9.19. The van der Waals surface area contributed by atoms with Crippen LogP contribution in [0.3, 0.4) is 0 Å². The second-order valence-corrected chi connectivity index (χ2v) is 8.78. The molecule has 1 aliphatic rings. The number of hydrogen-bond donors (Lipinski definition) is 2. The molecule has 0 aromatic carbocycles. The number of thiophene rings is 2. The van der Waals surface area contributed by atoms with Crippen LogP contribution >= 0.6 is 22.7 Å². The zero-order valence-corrected chi connectivity index (χ0v) is 17.5. The van der Waals surface area contributed by atoms with E-state index in [-0.39, 0.29) is 11.8 Å². The van der Waals surface area contributed by atoms with E-state index < -0.39 is 0 Å². The van der Waals surface area contributed by atoms with Crippen molar-refractivity contribution in [1.29, 1.82) is 0 Å². The van der Waals surface area contributed by atoms with Crippen molar-refractivity contribution >= 4 is 46.0 Å². The van der Waals surface area contributed by atoms with Gasteiger partial charge in [-0.15, -0.1) is 22.7 Å². The van der Waals surface area contributed by atoms with Crippen LogP contribution in [-0.2, 0) is 17.8 Å². The Morgan fingerprint density at radius 3 is 2.86 bits per heavy atom. The molecule has 4 heterocycles. The number of carbonyl (C=O) groups is 2. The molecule has 0 saturated heterocycles. The monoisotopic (exact) mass is 426 g/mol. The van der Waals surface area contributed by atoms with Crippen LogP contribution in [0.15, 0.2) is 47.3 Å². The van der Waals surface area contributed by atoms with E-state index in [0.717, 1.165) is 25.3 Å². The molecule has 0 saturated carbocycles. The number of aromatic nitrogens is 1. The summed E-state index contributed by atoms with van der Waals surface area (Å²) in [7, 11) is 0. The summed E-state index contributed by atoms with van der Waals surface area (Å²) in [5.41, 5.74) is 2.07. The quantitative estimate of drug-likeness (QED) is 0.562. The van der Waals surface area contributed by atoms with Gasteiger partial charge in [-0.05, 0) is 53.4 Å². The Morgan fingerprint density at radius 2 is 2.07 bits per heavy atom. The molecule has 4 rings (SSSR count). The minimum atomic E-state index is -0.0903. The predicted octanol–water partition coefficient (Wildman–Crippen LogP) is 3.92. The van der Waals surface area contributed by atoms with Crippen molar-refractivity contribution in [1.82, 2.24) is 10.3 Å². The maximum absolute atomic E-state index is 12.1. The van der Waals surface area contributed by atoms with Gasteiger partial charge in [0.05, 0.1) is 16.8 Å². The van der Waals surface area contributed by atoms with Crippen molar-refractivity contribution in [3.05, 3.63) is 62.6 Å². The number of rotatable bonds is 7. The van der Waals surface area contributed by atoms with E-state index in [1.165, 1.54) is 21.8 Å². The smallest absolute Gasteiger partial charge is 0.261 e. The number of fused-ring (bicyclic) bond motifs is 1. The van der Waals surface area contributed by atoms with Gasteiger partial charge in [0.15, 0.2) is 0 Å². The SMILES string of the molecule is O=C(CCCNC(=O)c1cccs1)Nc1ccc(N2CCc3sccc3C2)nc1. The molecule has 3 aromatic rings. The van der Waals surface area contributed by atoms with E-state index in [2.05, 4.69) is 32.0 Å². The highest BCUT2D eigenvalue weighted by molar-refractivity contribution is 7.12. The van der Waals surface area contributed by atoms with Crippen molar-refractivity contribution in [2.75, 3.05) is 23.3 Å². The molecule has 0 bridgehead atoms. The van der Waals surface area contributed by atoms with Crippen molar-refractivity contribution in [2.45, 2.75) is 25.8 Å². The minimum Gasteiger partial charge on any atom is -0.352 e. The Hall–Kier alpha value is -2.71. The fourth-order valence-corrected chi connectivity index (χ4v) is 4.79. The molecule has 6 nitrogen and oxygen atoms in total. The van der Waals surface area contributed by atoms with Crippen molar-refractivity contribution in [3.63, 3.8) is 0 Å². The first-order valence-corrected chi connectivity index (χ1v) is 11.3. The minimum absolute atomic E-state index is 0.0780. The first-order valence-electron chi connectivity index (χ1n) is 9.57. The average molecular weight is 427 g/mol. The first-order chi connectivity index (χ1) is 14.2. The van der Waals surface area contributed by atoms with Gasteiger partial charge in [-0.25, -0.2) is 4.98 Å². The molecule has 29 heavy (non-hydrogen) atoms. The third-order valence-corrected chi connectivity index (χ3v) is 6.67. The Labute approximate surface area is 177 Å². The van der Waals surface area contributed by atoms with Gasteiger partial charge in [-0.2, -0.15) is 0 Å². The highest BCUT2D eigenvalue weighted by Crippen LogP contribution is 2.27. The lowest BCUT2D eigenvalue weighted by Gasteiger charge is -2.28. The van der Waals surface area contributed by atoms with Crippen LogP contribution in [0.4, 0.5) is 11.5 Å². The number of anilines is 2. The van der Waals surface area contributed by atoms with Gasteiger partial charge in [0.1, 0.15) is 5.82 Å². The molecule has 2 N–H and O–H groups in total. The van der Waals surface area contributed by atoms with E-state index in [9.17, 15) is 9.59 Å². The van der Waals surface area contributed by atoms with Crippen LogP contribution < -0.4 is 15.5 Å². The molecule has 0 spiro atoms. The number of hydrogen-bond acceptors (Lipinski definition) is 6. The standard InChI is InChI=1S/C21H22N4O2S2/c26-20(4-1-9-22-21(27)18-3-2-11-28-18)24-16-5-6-19(23-13-16)25-10-7-17-15(14-25)8-12-29-17/h2-3,5-6,8,11-13H,1,4,7,9-10,14H2,(H,22,27)(H,24,26). The summed E-state index contributed by atoms with van der Waals surface area (Å²) in [6, 6.07) is 9.66. The molecule has 0 fully saturated rings. The summed E-state index contributed by atoms with van der Waals surface area (Å²) in [5, 5.41) is 9.71. The zero-order valence-electron chi connectivity index (χ0n) is 15.9. The Morgan fingerprint density at radius 1 is 1.14 bits per heavy atom. The van der Waals surface area contributed by atoms with Gasteiger partial charge in [0, 0.05) is 30.9 Å². The summed E-state index contributed by atoms with van der Waals surface area (Å²) in [6.45, 7) is 2.32. The Kier molecular flexibility index (Phi) is 6.21. The predicted molar refractivity (Wildman–Crippen MR) is 118 cm³/mol. The highest BCUT2D eigenvalue weighted by atomic mass is 32.1. The Bertz CT molecular complexity index is 967. The largest absolute Gasteiger partial charge is 0.352 e. The third-order valence-electron chi connectivity index (χ3n) is 4.77. The number of nitrogens with zero attached hydrogens (tertiary/aromatic N) is 2. The maximum Gasteiger partial charge on any atom is 0.261 e. The zero-order chi connectivity index (χ0) is 20.1. The number of pyridine rings is 1. The summed E-state index contributed by atoms with van der Waals surface area (Å²) in [6.07, 6.45) is 3.69. The van der Waals surface area contributed by atoms with Crippen LogP contribution in [0.2, 0.25) is 0 Å². The van der Waals surface area contributed by atoms with Gasteiger partial charge < -0.3 is 15.5 Å². The topological polar surface area (TPSA) is 74.3 Å². The number of amides is 2. The van der Waals surface area contributed by atoms with Gasteiger partial charge in [0.2, 0.25) is 5.91 Å². The number of nitrogens with one attached hydrogen (secondary N) is 2. The van der Waals surface area contributed by atoms with Gasteiger partial charge in [-0.3, -0.25) is 9.59 Å². The first kappa shape index (κ1) is 19.6. The van der Waals surface area contributed by atoms with E-state index in [0.29, 0.717) is 30.0 Å². The molecule has 0 aliphatic carbocycles. The van der Waals surface area contributed by atoms with Crippen LogP contribution in [0, 0.1) is 0 Å². The van der Waals surface area contributed by atoms with Crippen molar-refractivity contribution in [2.24, 2.45) is 0 Å². The summed E-state index contributed by atoms with van der Waals surface area (Å²) in [5.74, 6) is 0.759. The molecular weight excluding hydrogens is 404 g/mol. The lowest BCUT2D eigenvalue weighted by Crippen LogP contribution is -2.30. The Balaban J connectivity index is 1.20. The van der Waals surface area contributed by atoms with Crippen LogP contribution in [0.1, 0.15) is 33.0 Å². The second-order valence-electron chi connectivity index (χ2n) is 6.83. The molecule has 0 atom stereocenters. The van der Waals surface area contributed by atoms with Crippen LogP contribution in [0.25, 0.3) is 0 Å². The fraction of sp³-hybridized carbons (Fsp3) is 0.286. The summed E-state index contributed by atoms with van der Waals surface area (Å²) in [4.78, 5) is 32.9. The molecular formula is C21H22N4O2S2. The van der Waals surface area contributed by atoms with Gasteiger partial charge >= 0.3 is 0 Å². The molecule has 1 aliphatic heterocycles. The fourth-order valence-electron chi connectivity index (χ4n) is 3.26. The van der Waals surface area contributed by atoms with E-state index in [4.69, 9.17) is 0 Å². The van der Waals surface area contributed by atoms with Crippen LogP contribution in [-0.4, -0.2) is 29.9 Å². The summed E-state index contributed by atoms with van der Waals surface area (Å²) >= 11 is 3.23. The van der Waals surface area contributed by atoms with Gasteiger partial charge in [0.25, 0.3) is 5.91 Å². The molecule has 150 valence electrons. The average Bonchev–Trinajstić information content (AvgIpc) is 3.43. The van der Waals surface area contributed by atoms with Gasteiger partial charge in [-0.1, -0.05) is 6.07 Å². The highest BCUT2D eigenvalue weighted by Gasteiger charge is 2.18. The normalized spacial score (nSPS) is 13.0. The summed E-state index contributed by atoms with van der Waals surface area (Å²) < 4.78 is 0. The van der Waals surface area contributed by atoms with Crippen molar-refractivity contribution in [3.8, 4) is 0 Å². The van der Waals surface area contributed by atoms with E-state index in [1.807, 2.05) is 34.9 Å². The van der Waals surface area contributed by atoms with E-state index in [1.54, 1.807) is 12.3 Å². The number of carbonyl (C=O) groups excluding carboxylic acids is 2. The van der Waals surface area contributed by atoms with E-state index >= 15 is 0 Å². The van der Waals surface area contributed by atoms with Crippen molar-refractivity contribution < 1.29 is 9.59 Å².